The van der Waals surface area contributed by atoms with Crippen molar-refractivity contribution in [1.29, 1.82) is 0 Å². The molecule has 116 valence electrons. The van der Waals surface area contributed by atoms with E-state index in [9.17, 15) is 4.79 Å². The van der Waals surface area contributed by atoms with Gasteiger partial charge in [-0.1, -0.05) is 0 Å². The van der Waals surface area contributed by atoms with Crippen molar-refractivity contribution in [2.24, 2.45) is 5.73 Å². The third-order valence-electron chi connectivity index (χ3n) is 3.01. The standard InChI is InChI=1S/C12H19N3O2S.2ClH/c1-17-9(5-13)4-11(16)14-6-12-15-10(7-18-12)8-2-3-8;;/h7-9H,2-6,13H2,1H3,(H,14,16);2*1H. The van der Waals surface area contributed by atoms with Crippen LogP contribution in [0.2, 0.25) is 0 Å². The highest BCUT2D eigenvalue weighted by atomic mass is 35.5. The Morgan fingerprint density at radius 1 is 1.60 bits per heavy atom. The van der Waals surface area contributed by atoms with Crippen LogP contribution in [0.5, 0.6) is 0 Å². The second-order valence-corrected chi connectivity index (χ2v) is 5.46. The summed E-state index contributed by atoms with van der Waals surface area (Å²) in [6, 6.07) is 0. The largest absolute Gasteiger partial charge is 0.380 e. The van der Waals surface area contributed by atoms with Crippen molar-refractivity contribution in [3.05, 3.63) is 16.1 Å². The van der Waals surface area contributed by atoms with Gasteiger partial charge in [-0.15, -0.1) is 36.2 Å². The Balaban J connectivity index is 0.00000180. The van der Waals surface area contributed by atoms with Gasteiger partial charge in [0.15, 0.2) is 0 Å². The predicted molar refractivity (Wildman–Crippen MR) is 84.9 cm³/mol. The number of hydrogen-bond donors (Lipinski definition) is 2. The van der Waals surface area contributed by atoms with Crippen LogP contribution in [0.3, 0.4) is 0 Å². The lowest BCUT2D eigenvalue weighted by Crippen LogP contribution is -2.31. The van der Waals surface area contributed by atoms with Gasteiger partial charge in [-0.25, -0.2) is 4.98 Å². The van der Waals surface area contributed by atoms with Gasteiger partial charge in [0.1, 0.15) is 5.01 Å². The van der Waals surface area contributed by atoms with Gasteiger partial charge in [-0.2, -0.15) is 0 Å². The van der Waals surface area contributed by atoms with E-state index in [1.54, 1.807) is 18.4 Å². The molecular weight excluding hydrogens is 321 g/mol. The molecule has 0 radical (unpaired) electrons. The molecule has 20 heavy (non-hydrogen) atoms. The van der Waals surface area contributed by atoms with Gasteiger partial charge in [-0.3, -0.25) is 4.79 Å². The minimum Gasteiger partial charge on any atom is -0.380 e. The van der Waals surface area contributed by atoms with E-state index in [0.29, 0.717) is 25.4 Å². The maximum absolute atomic E-state index is 11.6. The summed E-state index contributed by atoms with van der Waals surface area (Å²) >= 11 is 1.61. The minimum atomic E-state index is -0.205. The number of nitrogens with two attached hydrogens (primary N) is 1. The number of thiazole rings is 1. The first-order valence-corrected chi connectivity index (χ1v) is 7.04. The molecule has 1 aromatic rings. The van der Waals surface area contributed by atoms with Crippen molar-refractivity contribution in [2.75, 3.05) is 13.7 Å². The number of hydrogen-bond acceptors (Lipinski definition) is 5. The quantitative estimate of drug-likeness (QED) is 0.793. The van der Waals surface area contributed by atoms with Gasteiger partial charge >= 0.3 is 0 Å². The lowest BCUT2D eigenvalue weighted by atomic mass is 10.2. The summed E-state index contributed by atoms with van der Waals surface area (Å²) in [7, 11) is 1.56. The smallest absolute Gasteiger partial charge is 0.223 e. The lowest BCUT2D eigenvalue weighted by Gasteiger charge is -2.11. The number of amides is 1. The fourth-order valence-corrected chi connectivity index (χ4v) is 2.50. The number of carbonyl (C=O) groups excluding carboxylic acids is 1. The predicted octanol–water partition coefficient (Wildman–Crippen LogP) is 1.84. The maximum Gasteiger partial charge on any atom is 0.223 e. The molecule has 1 saturated carbocycles. The zero-order valence-electron chi connectivity index (χ0n) is 11.3. The summed E-state index contributed by atoms with van der Waals surface area (Å²) < 4.78 is 5.07. The number of methoxy groups -OCH3 is 1. The second kappa shape index (κ2) is 9.52. The van der Waals surface area contributed by atoms with Crippen LogP contribution >= 0.6 is 36.2 Å². The Morgan fingerprint density at radius 2 is 2.30 bits per heavy atom. The number of nitrogens with one attached hydrogen (secondary N) is 1. The van der Waals surface area contributed by atoms with Gasteiger partial charge in [0.25, 0.3) is 0 Å². The monoisotopic (exact) mass is 341 g/mol. The van der Waals surface area contributed by atoms with E-state index in [0.717, 1.165) is 5.01 Å². The molecule has 0 aromatic carbocycles. The topological polar surface area (TPSA) is 77.2 Å². The van der Waals surface area contributed by atoms with E-state index < -0.39 is 0 Å². The third kappa shape index (κ3) is 5.93. The number of nitrogens with zero attached hydrogens (tertiary/aromatic N) is 1. The van der Waals surface area contributed by atoms with Crippen LogP contribution in [-0.2, 0) is 16.1 Å². The zero-order valence-corrected chi connectivity index (χ0v) is 13.8. The molecule has 0 aliphatic heterocycles. The molecule has 1 aliphatic carbocycles. The highest BCUT2D eigenvalue weighted by molar-refractivity contribution is 7.09. The highest BCUT2D eigenvalue weighted by Gasteiger charge is 2.25. The lowest BCUT2D eigenvalue weighted by molar-refractivity contribution is -0.123. The molecule has 2 rings (SSSR count). The molecule has 1 unspecified atom stereocenters. The first-order valence-electron chi connectivity index (χ1n) is 6.16. The van der Waals surface area contributed by atoms with Gasteiger partial charge < -0.3 is 15.8 Å². The number of carbonyl (C=O) groups is 1. The van der Waals surface area contributed by atoms with E-state index in [-0.39, 0.29) is 36.8 Å². The summed E-state index contributed by atoms with van der Waals surface area (Å²) in [4.78, 5) is 16.1. The van der Waals surface area contributed by atoms with Crippen LogP contribution in [-0.4, -0.2) is 30.6 Å². The normalized spacial score (nSPS) is 14.9. The maximum atomic E-state index is 11.6. The summed E-state index contributed by atoms with van der Waals surface area (Å²) in [5, 5.41) is 5.90. The summed E-state index contributed by atoms with van der Waals surface area (Å²) in [5.41, 5.74) is 6.65. The Kier molecular flexibility index (Phi) is 9.33. The van der Waals surface area contributed by atoms with Gasteiger partial charge in [0.2, 0.25) is 5.91 Å². The molecule has 1 aliphatic rings. The molecule has 8 heteroatoms. The van der Waals surface area contributed by atoms with E-state index in [1.807, 2.05) is 0 Å². The first-order chi connectivity index (χ1) is 8.72. The van der Waals surface area contributed by atoms with Crippen LogP contribution in [0.4, 0.5) is 0 Å². The Hall–Kier alpha value is -0.400. The van der Waals surface area contributed by atoms with Gasteiger partial charge in [0, 0.05) is 25.0 Å². The number of halogens is 2. The fourth-order valence-electron chi connectivity index (χ4n) is 1.69. The number of ether oxygens (including phenoxy) is 1. The van der Waals surface area contributed by atoms with Crippen LogP contribution in [0.15, 0.2) is 5.38 Å². The molecule has 0 bridgehead atoms. The number of rotatable bonds is 7. The Labute approximate surface area is 135 Å². The first kappa shape index (κ1) is 19.6. The van der Waals surface area contributed by atoms with E-state index >= 15 is 0 Å². The van der Waals surface area contributed by atoms with E-state index in [4.69, 9.17) is 10.5 Å². The summed E-state index contributed by atoms with van der Waals surface area (Å²) in [5.74, 6) is 0.622. The molecule has 1 heterocycles. The van der Waals surface area contributed by atoms with Crippen molar-refractivity contribution in [3.63, 3.8) is 0 Å². The second-order valence-electron chi connectivity index (χ2n) is 4.51. The summed E-state index contributed by atoms with van der Waals surface area (Å²) in [6.45, 7) is 0.851. The van der Waals surface area contributed by atoms with Crippen molar-refractivity contribution in [2.45, 2.75) is 37.8 Å². The SMILES string of the molecule is COC(CN)CC(=O)NCc1nc(C2CC2)cs1.Cl.Cl. The molecule has 1 fully saturated rings. The van der Waals surface area contributed by atoms with Crippen LogP contribution < -0.4 is 11.1 Å². The van der Waals surface area contributed by atoms with Crippen molar-refractivity contribution in [1.82, 2.24) is 10.3 Å². The van der Waals surface area contributed by atoms with Crippen LogP contribution in [0.1, 0.15) is 35.9 Å². The molecule has 0 saturated heterocycles. The van der Waals surface area contributed by atoms with Crippen molar-refractivity contribution in [3.8, 4) is 0 Å². The van der Waals surface area contributed by atoms with Gasteiger partial charge in [-0.05, 0) is 12.8 Å². The van der Waals surface area contributed by atoms with Crippen molar-refractivity contribution < 1.29 is 9.53 Å². The van der Waals surface area contributed by atoms with Crippen LogP contribution in [0.25, 0.3) is 0 Å². The molecule has 1 atom stereocenters. The molecule has 0 spiro atoms. The van der Waals surface area contributed by atoms with Gasteiger partial charge in [0.05, 0.1) is 24.8 Å². The Morgan fingerprint density at radius 3 is 2.85 bits per heavy atom. The third-order valence-corrected chi connectivity index (χ3v) is 3.88. The summed E-state index contributed by atoms with van der Waals surface area (Å²) in [6.07, 6.45) is 2.60. The van der Waals surface area contributed by atoms with E-state index in [2.05, 4.69) is 15.7 Å². The highest BCUT2D eigenvalue weighted by Crippen LogP contribution is 2.40. The van der Waals surface area contributed by atoms with E-state index in [1.165, 1.54) is 18.5 Å². The minimum absolute atomic E-state index is 0. The van der Waals surface area contributed by atoms with Crippen molar-refractivity contribution >= 4 is 42.1 Å². The fraction of sp³-hybridized carbons (Fsp3) is 0.667. The number of aromatic nitrogens is 1. The van der Waals surface area contributed by atoms with Crippen LogP contribution in [0, 0.1) is 0 Å². The molecule has 1 aromatic heterocycles. The average molecular weight is 342 g/mol. The average Bonchev–Trinajstić information content (AvgIpc) is 3.13. The Bertz CT molecular complexity index is 409. The zero-order chi connectivity index (χ0) is 13.0. The molecule has 3 N–H and O–H groups in total. The molecular formula is C12H21Cl2N3O2S. The molecule has 5 nitrogen and oxygen atoms in total. The molecule has 1 amide bonds.